The second-order valence-corrected chi connectivity index (χ2v) is 14.9. The van der Waals surface area contributed by atoms with Gasteiger partial charge in [-0.15, -0.1) is 11.8 Å². The fraction of sp³-hybridized carbons (Fsp3) is 0.371. The van der Waals surface area contributed by atoms with Crippen LogP contribution < -0.4 is 0 Å². The van der Waals surface area contributed by atoms with Crippen LogP contribution in [-0.4, -0.2) is 6.26 Å². The molecule has 6 rings (SSSR count). The molecule has 0 radical (unpaired) electrons. The van der Waals surface area contributed by atoms with Crippen LogP contribution in [0.2, 0.25) is 0 Å². The maximum absolute atomic E-state index is 2.51. The molecular weight excluding hydrogens is 485 g/mol. The van der Waals surface area contributed by atoms with Gasteiger partial charge in [-0.1, -0.05) is 94.1 Å². The molecule has 0 saturated heterocycles. The average Bonchev–Trinajstić information content (AvgIpc) is 3.08. The van der Waals surface area contributed by atoms with Crippen molar-refractivity contribution in [1.29, 1.82) is 0 Å². The lowest BCUT2D eigenvalue weighted by Crippen LogP contribution is -2.43. The molecule has 0 bridgehead atoms. The molecule has 0 atom stereocenters. The van der Waals surface area contributed by atoms with Crippen molar-refractivity contribution < 1.29 is 0 Å². The Morgan fingerprint density at radius 3 is 2.03 bits per heavy atom. The minimum absolute atomic E-state index is 0.0868. The zero-order valence-corrected chi connectivity index (χ0v) is 24.9. The molecule has 0 N–H and O–H groups in total. The molecule has 2 heteroatoms. The summed E-state index contributed by atoms with van der Waals surface area (Å²) in [6, 6.07) is 25.8. The van der Waals surface area contributed by atoms with E-state index in [1.54, 1.807) is 11.1 Å². The van der Waals surface area contributed by atoms with Crippen LogP contribution in [0.25, 0.3) is 21.9 Å². The molecule has 1 saturated carbocycles. The lowest BCUT2D eigenvalue weighted by molar-refractivity contribution is 0.0646. The highest BCUT2D eigenvalue weighted by molar-refractivity contribution is 8.02. The summed E-state index contributed by atoms with van der Waals surface area (Å²) in [5.74, 6) is 0. The van der Waals surface area contributed by atoms with Crippen molar-refractivity contribution in [1.82, 2.24) is 0 Å². The summed E-state index contributed by atoms with van der Waals surface area (Å²) in [7, 11) is 0. The van der Waals surface area contributed by atoms with E-state index in [2.05, 4.69) is 115 Å². The van der Waals surface area contributed by atoms with Crippen LogP contribution >= 0.6 is 23.5 Å². The Bertz CT molecular complexity index is 1500. The third kappa shape index (κ3) is 4.07. The predicted molar refractivity (Wildman–Crippen MR) is 163 cm³/mol. The Hall–Kier alpha value is -2.16. The van der Waals surface area contributed by atoms with Crippen LogP contribution in [-0.2, 0) is 5.41 Å². The molecule has 0 aliphatic heterocycles. The number of thioether (sulfide) groups is 1. The van der Waals surface area contributed by atoms with Crippen molar-refractivity contribution in [2.75, 3.05) is 6.26 Å². The van der Waals surface area contributed by atoms with Crippen molar-refractivity contribution >= 4 is 34.3 Å². The average molecular weight is 523 g/mol. The summed E-state index contributed by atoms with van der Waals surface area (Å²) in [4.78, 5) is 4.12. The highest BCUT2D eigenvalue weighted by Crippen LogP contribution is 2.64. The van der Waals surface area contributed by atoms with Crippen LogP contribution in [0.4, 0.5) is 0 Å². The molecule has 0 amide bonds. The Labute approximate surface area is 231 Å². The van der Waals surface area contributed by atoms with E-state index >= 15 is 0 Å². The molecule has 0 aromatic heterocycles. The van der Waals surface area contributed by atoms with Gasteiger partial charge in [0.1, 0.15) is 0 Å². The number of fused-ring (bicyclic) bond motifs is 7. The lowest BCUT2D eigenvalue weighted by atomic mass is 9.52. The summed E-state index contributed by atoms with van der Waals surface area (Å²) < 4.78 is 0. The predicted octanol–water partition coefficient (Wildman–Crippen LogP) is 10.8. The summed E-state index contributed by atoms with van der Waals surface area (Å²) in [6.45, 7) is 14.4. The molecule has 2 aliphatic rings. The molecule has 0 heterocycles. The number of hydrogen-bond donors (Lipinski definition) is 0. The maximum atomic E-state index is 2.51. The third-order valence-corrected chi connectivity index (χ3v) is 11.0. The summed E-state index contributed by atoms with van der Waals surface area (Å²) in [5.41, 5.74) is 9.45. The maximum Gasteiger partial charge on any atom is 0.0265 e. The minimum atomic E-state index is 0.0868. The first-order chi connectivity index (χ1) is 17.5. The van der Waals surface area contributed by atoms with Gasteiger partial charge in [-0.3, -0.25) is 0 Å². The van der Waals surface area contributed by atoms with Gasteiger partial charge in [-0.25, -0.2) is 0 Å². The van der Waals surface area contributed by atoms with Crippen molar-refractivity contribution in [2.24, 2.45) is 10.8 Å². The van der Waals surface area contributed by atoms with Gasteiger partial charge in [0.15, 0.2) is 0 Å². The molecule has 4 aromatic carbocycles. The summed E-state index contributed by atoms with van der Waals surface area (Å²) >= 11 is 3.80. The van der Waals surface area contributed by atoms with Crippen molar-refractivity contribution in [2.45, 2.75) is 80.9 Å². The topological polar surface area (TPSA) is 0 Å². The van der Waals surface area contributed by atoms with Gasteiger partial charge < -0.3 is 0 Å². The highest BCUT2D eigenvalue weighted by Gasteiger charge is 2.53. The molecule has 0 nitrogen and oxygen atoms in total. The third-order valence-electron chi connectivity index (χ3n) is 8.67. The number of aryl methyl sites for hydroxylation is 2. The normalized spacial score (nSPS) is 18.7. The number of rotatable bonds is 3. The molecular formula is C35H38S2. The van der Waals surface area contributed by atoms with Crippen LogP contribution in [0.1, 0.15) is 69.2 Å². The molecule has 37 heavy (non-hydrogen) atoms. The summed E-state index contributed by atoms with van der Waals surface area (Å²) in [6.07, 6.45) is 5.91. The second-order valence-electron chi connectivity index (χ2n) is 13.0. The van der Waals surface area contributed by atoms with E-state index in [9.17, 15) is 0 Å². The number of hydrogen-bond acceptors (Lipinski definition) is 2. The number of benzene rings is 4. The monoisotopic (exact) mass is 522 g/mol. The molecule has 1 fully saturated rings. The summed E-state index contributed by atoms with van der Waals surface area (Å²) in [5, 5.41) is 2.77. The Balaban J connectivity index is 1.62. The zero-order valence-electron chi connectivity index (χ0n) is 23.3. The fourth-order valence-corrected chi connectivity index (χ4v) is 9.99. The molecule has 190 valence electrons. The van der Waals surface area contributed by atoms with Crippen LogP contribution in [0.3, 0.4) is 0 Å². The molecule has 1 spiro atoms. The minimum Gasteiger partial charge on any atom is -0.128 e. The van der Waals surface area contributed by atoms with Crippen LogP contribution in [0.15, 0.2) is 81.4 Å². The van der Waals surface area contributed by atoms with Crippen molar-refractivity contribution in [3.05, 3.63) is 89.0 Å². The van der Waals surface area contributed by atoms with Gasteiger partial charge in [0, 0.05) is 20.1 Å². The first-order valence-electron chi connectivity index (χ1n) is 13.5. The van der Waals surface area contributed by atoms with E-state index < -0.39 is 0 Å². The van der Waals surface area contributed by atoms with E-state index in [-0.39, 0.29) is 5.41 Å². The van der Waals surface area contributed by atoms with Gasteiger partial charge in [0.25, 0.3) is 0 Å². The Morgan fingerprint density at radius 1 is 0.676 bits per heavy atom. The van der Waals surface area contributed by atoms with Crippen LogP contribution in [0.5, 0.6) is 0 Å². The van der Waals surface area contributed by atoms with Crippen molar-refractivity contribution in [3.8, 4) is 11.1 Å². The van der Waals surface area contributed by atoms with E-state index in [0.717, 1.165) is 0 Å². The largest absolute Gasteiger partial charge is 0.128 e. The molecule has 4 aromatic rings. The highest BCUT2D eigenvalue weighted by atomic mass is 32.2. The molecule has 2 aliphatic carbocycles. The quantitative estimate of drug-likeness (QED) is 0.245. The smallest absolute Gasteiger partial charge is 0.0265 e. The Morgan fingerprint density at radius 2 is 1.35 bits per heavy atom. The zero-order chi connectivity index (χ0) is 26.2. The lowest BCUT2D eigenvalue weighted by Gasteiger charge is -2.51. The molecule has 0 unspecified atom stereocenters. The van der Waals surface area contributed by atoms with E-state index in [1.807, 2.05) is 23.5 Å². The van der Waals surface area contributed by atoms with Gasteiger partial charge in [0.2, 0.25) is 0 Å². The first-order valence-corrected chi connectivity index (χ1v) is 15.6. The SMILES string of the molecule is CSc1cc2ccc3c(c2cc1Sc1c(C)cccc1C)-c1ccccc1C31CC(C)(C)CC(C)(C)C1. The van der Waals surface area contributed by atoms with Crippen molar-refractivity contribution in [3.63, 3.8) is 0 Å². The van der Waals surface area contributed by atoms with Gasteiger partial charge in [-0.05, 0) is 106 Å². The van der Waals surface area contributed by atoms with E-state index in [4.69, 9.17) is 0 Å². The fourth-order valence-electron chi connectivity index (χ4n) is 8.09. The first kappa shape index (κ1) is 25.1. The van der Waals surface area contributed by atoms with Crippen LogP contribution in [0, 0.1) is 24.7 Å². The van der Waals surface area contributed by atoms with E-state index in [0.29, 0.717) is 10.8 Å². The standard InChI is InChI=1S/C35H38S2/c1-22-11-10-12-23(2)32(22)37-30-18-26-24(17-29(30)36-7)15-16-28-31(26)25-13-8-9-14-27(25)35(28)20-33(3,4)19-34(5,6)21-35/h8-18H,19-21H2,1-7H3. The van der Waals surface area contributed by atoms with E-state index in [1.165, 1.54) is 67.0 Å². The Kier molecular flexibility index (Phi) is 5.90. The van der Waals surface area contributed by atoms with Gasteiger partial charge in [0.05, 0.1) is 0 Å². The second kappa shape index (κ2) is 8.68. The van der Waals surface area contributed by atoms with Gasteiger partial charge >= 0.3 is 0 Å². The van der Waals surface area contributed by atoms with Gasteiger partial charge in [-0.2, -0.15) is 0 Å².